The topological polar surface area (TPSA) is 30.8 Å². The summed E-state index contributed by atoms with van der Waals surface area (Å²) in [7, 11) is 1.65. The molecule has 0 amide bonds. The van der Waals surface area contributed by atoms with Crippen LogP contribution in [0.25, 0.3) is 0 Å². The van der Waals surface area contributed by atoms with Crippen LogP contribution in [0.4, 0.5) is 5.69 Å². The molecule has 0 saturated heterocycles. The number of hydrogen-bond acceptors (Lipinski definition) is 3. The minimum Gasteiger partial charge on any atom is -0.493 e. The molecule has 0 unspecified atom stereocenters. The maximum absolute atomic E-state index is 5.88. The van der Waals surface area contributed by atoms with Gasteiger partial charge in [-0.3, -0.25) is 4.99 Å². The van der Waals surface area contributed by atoms with Crippen molar-refractivity contribution >= 4 is 11.9 Å². The van der Waals surface area contributed by atoms with E-state index < -0.39 is 0 Å². The van der Waals surface area contributed by atoms with E-state index in [0.29, 0.717) is 12.4 Å². The Labute approximate surface area is 148 Å². The summed E-state index contributed by atoms with van der Waals surface area (Å²) in [6.45, 7) is 0.609. The van der Waals surface area contributed by atoms with Gasteiger partial charge in [0.05, 0.1) is 19.4 Å². The molecule has 0 aromatic heterocycles. The second-order valence-corrected chi connectivity index (χ2v) is 5.59. The maximum Gasteiger partial charge on any atom is 0.161 e. The van der Waals surface area contributed by atoms with E-state index in [9.17, 15) is 0 Å². The summed E-state index contributed by atoms with van der Waals surface area (Å²) in [6, 6.07) is 26.0. The summed E-state index contributed by atoms with van der Waals surface area (Å²) >= 11 is 0. The Balaban J connectivity index is 1.64. The molecule has 3 rings (SSSR count). The molecule has 3 aromatic rings. The second kappa shape index (κ2) is 8.69. The van der Waals surface area contributed by atoms with E-state index in [-0.39, 0.29) is 0 Å². The molecule has 0 aliphatic rings. The number of rotatable bonds is 7. The number of ether oxygens (including phenoxy) is 2. The minimum atomic E-state index is 0.609. The van der Waals surface area contributed by atoms with Crippen LogP contribution in [0.1, 0.15) is 11.1 Å². The van der Waals surface area contributed by atoms with Crippen molar-refractivity contribution in [2.24, 2.45) is 4.99 Å². The molecule has 126 valence electrons. The summed E-state index contributed by atoms with van der Waals surface area (Å²) in [5.74, 6) is 1.46. The molecular formula is C22H21NO2. The van der Waals surface area contributed by atoms with Gasteiger partial charge in [0.1, 0.15) is 0 Å². The molecule has 0 radical (unpaired) electrons. The van der Waals surface area contributed by atoms with E-state index in [1.54, 1.807) is 7.11 Å². The summed E-state index contributed by atoms with van der Waals surface area (Å²) in [5, 5.41) is 0. The Kier molecular flexibility index (Phi) is 5.83. The fourth-order valence-electron chi connectivity index (χ4n) is 2.47. The minimum absolute atomic E-state index is 0.609. The Morgan fingerprint density at radius 2 is 1.56 bits per heavy atom. The van der Waals surface area contributed by atoms with Crippen LogP contribution in [0.3, 0.4) is 0 Å². The fraction of sp³-hybridized carbons (Fsp3) is 0.136. The molecule has 3 aromatic carbocycles. The van der Waals surface area contributed by atoms with Gasteiger partial charge in [0, 0.05) is 12.6 Å². The number of methoxy groups -OCH3 is 1. The van der Waals surface area contributed by atoms with Crippen LogP contribution in [0.5, 0.6) is 11.5 Å². The van der Waals surface area contributed by atoms with E-state index in [0.717, 1.165) is 23.4 Å². The molecule has 3 heteroatoms. The highest BCUT2D eigenvalue weighted by Gasteiger charge is 2.05. The van der Waals surface area contributed by atoms with Gasteiger partial charge in [-0.2, -0.15) is 0 Å². The number of hydrogen-bond donors (Lipinski definition) is 0. The lowest BCUT2D eigenvalue weighted by molar-refractivity contribution is 0.297. The van der Waals surface area contributed by atoms with Crippen molar-refractivity contribution < 1.29 is 9.47 Å². The van der Waals surface area contributed by atoms with Crippen LogP contribution in [0, 0.1) is 0 Å². The van der Waals surface area contributed by atoms with E-state index in [1.807, 2.05) is 72.9 Å². The number of nitrogens with zero attached hydrogens (tertiary/aromatic N) is 1. The zero-order chi connectivity index (χ0) is 17.3. The van der Waals surface area contributed by atoms with Crippen molar-refractivity contribution in [2.45, 2.75) is 6.42 Å². The third kappa shape index (κ3) is 4.95. The van der Waals surface area contributed by atoms with Crippen LogP contribution in [-0.4, -0.2) is 19.9 Å². The van der Waals surface area contributed by atoms with Crippen molar-refractivity contribution in [3.8, 4) is 11.5 Å². The molecule has 0 saturated carbocycles. The molecule has 25 heavy (non-hydrogen) atoms. The predicted octanol–water partition coefficient (Wildman–Crippen LogP) is 5.07. The standard InChI is InChI=1S/C22H21NO2/c1-24-22-16-19(17-23-20-10-6-3-7-11-20)12-13-21(22)25-15-14-18-8-4-2-5-9-18/h2-13,16-17H,14-15H2,1H3. The lowest BCUT2D eigenvalue weighted by Crippen LogP contribution is -2.03. The Morgan fingerprint density at radius 3 is 2.28 bits per heavy atom. The SMILES string of the molecule is COc1cc(C=Nc2ccccc2)ccc1OCCc1ccccc1. The molecule has 0 aliphatic carbocycles. The highest BCUT2D eigenvalue weighted by atomic mass is 16.5. The van der Waals surface area contributed by atoms with Gasteiger partial charge >= 0.3 is 0 Å². The lowest BCUT2D eigenvalue weighted by atomic mass is 10.2. The van der Waals surface area contributed by atoms with Gasteiger partial charge in [0.2, 0.25) is 0 Å². The van der Waals surface area contributed by atoms with E-state index >= 15 is 0 Å². The summed E-state index contributed by atoms with van der Waals surface area (Å²) in [4.78, 5) is 4.46. The molecular weight excluding hydrogens is 310 g/mol. The second-order valence-electron chi connectivity index (χ2n) is 5.59. The predicted molar refractivity (Wildman–Crippen MR) is 102 cm³/mol. The van der Waals surface area contributed by atoms with Crippen LogP contribution in [-0.2, 0) is 6.42 Å². The third-order valence-corrected chi connectivity index (χ3v) is 3.80. The number of para-hydroxylation sites is 1. The van der Waals surface area contributed by atoms with Gasteiger partial charge in [0.25, 0.3) is 0 Å². The van der Waals surface area contributed by atoms with Gasteiger partial charge in [-0.25, -0.2) is 0 Å². The monoisotopic (exact) mass is 331 g/mol. The van der Waals surface area contributed by atoms with Gasteiger partial charge in [-0.1, -0.05) is 48.5 Å². The first-order valence-corrected chi connectivity index (χ1v) is 8.29. The van der Waals surface area contributed by atoms with Crippen LogP contribution in [0.15, 0.2) is 83.9 Å². The van der Waals surface area contributed by atoms with Crippen LogP contribution in [0.2, 0.25) is 0 Å². The van der Waals surface area contributed by atoms with Crippen LogP contribution >= 0.6 is 0 Å². The normalized spacial score (nSPS) is 10.8. The zero-order valence-corrected chi connectivity index (χ0v) is 14.3. The van der Waals surface area contributed by atoms with Crippen molar-refractivity contribution in [3.63, 3.8) is 0 Å². The summed E-state index contributed by atoms with van der Waals surface area (Å²) in [6.07, 6.45) is 2.69. The third-order valence-electron chi connectivity index (χ3n) is 3.80. The molecule has 0 atom stereocenters. The Bertz CT molecular complexity index is 814. The Morgan fingerprint density at radius 1 is 0.840 bits per heavy atom. The average molecular weight is 331 g/mol. The van der Waals surface area contributed by atoms with E-state index in [2.05, 4.69) is 17.1 Å². The van der Waals surface area contributed by atoms with Crippen molar-refractivity contribution in [1.29, 1.82) is 0 Å². The van der Waals surface area contributed by atoms with Crippen molar-refractivity contribution in [1.82, 2.24) is 0 Å². The quantitative estimate of drug-likeness (QED) is 0.566. The Hall–Kier alpha value is -3.07. The number of benzene rings is 3. The fourth-order valence-corrected chi connectivity index (χ4v) is 2.47. The average Bonchev–Trinajstić information content (AvgIpc) is 2.68. The smallest absolute Gasteiger partial charge is 0.161 e. The molecule has 0 fully saturated rings. The van der Waals surface area contributed by atoms with E-state index in [1.165, 1.54) is 5.56 Å². The van der Waals surface area contributed by atoms with Gasteiger partial charge in [0.15, 0.2) is 11.5 Å². The highest BCUT2D eigenvalue weighted by Crippen LogP contribution is 2.28. The van der Waals surface area contributed by atoms with E-state index in [4.69, 9.17) is 9.47 Å². The van der Waals surface area contributed by atoms with Crippen molar-refractivity contribution in [3.05, 3.63) is 90.0 Å². The molecule has 0 heterocycles. The highest BCUT2D eigenvalue weighted by molar-refractivity contribution is 5.83. The zero-order valence-electron chi connectivity index (χ0n) is 14.3. The lowest BCUT2D eigenvalue weighted by Gasteiger charge is -2.11. The van der Waals surface area contributed by atoms with Crippen molar-refractivity contribution in [2.75, 3.05) is 13.7 Å². The molecule has 0 N–H and O–H groups in total. The molecule has 0 bridgehead atoms. The summed E-state index contributed by atoms with van der Waals surface area (Å²) < 4.78 is 11.3. The first-order chi connectivity index (χ1) is 12.3. The van der Waals surface area contributed by atoms with Gasteiger partial charge < -0.3 is 9.47 Å². The van der Waals surface area contributed by atoms with Gasteiger partial charge in [-0.05, 0) is 41.5 Å². The first-order valence-electron chi connectivity index (χ1n) is 8.29. The van der Waals surface area contributed by atoms with Gasteiger partial charge in [-0.15, -0.1) is 0 Å². The maximum atomic E-state index is 5.88. The molecule has 0 spiro atoms. The largest absolute Gasteiger partial charge is 0.493 e. The summed E-state index contributed by atoms with van der Waals surface area (Å²) in [5.41, 5.74) is 3.15. The number of aliphatic imine (C=N–C) groups is 1. The van der Waals surface area contributed by atoms with Crippen LogP contribution < -0.4 is 9.47 Å². The molecule has 3 nitrogen and oxygen atoms in total. The first kappa shape index (κ1) is 16.8. The molecule has 0 aliphatic heterocycles.